The maximum atomic E-state index is 11.7. The number of aldehydes is 1. The fraction of sp³-hybridized carbons (Fsp3) is 0.214. The molecule has 8 nitrogen and oxygen atoms in total. The Morgan fingerprint density at radius 1 is 1.23 bits per heavy atom. The van der Waals surface area contributed by atoms with Gasteiger partial charge in [0, 0.05) is 19.2 Å². The predicted molar refractivity (Wildman–Crippen MR) is 78.1 cm³/mol. The van der Waals surface area contributed by atoms with Crippen molar-refractivity contribution in [2.24, 2.45) is 0 Å². The third-order valence-electron chi connectivity index (χ3n) is 2.35. The summed E-state index contributed by atoms with van der Waals surface area (Å²) in [5.74, 6) is -1.40. The van der Waals surface area contributed by atoms with Crippen LogP contribution in [0.15, 0.2) is 30.5 Å². The van der Waals surface area contributed by atoms with Crippen LogP contribution in [0.2, 0.25) is 0 Å². The number of hydrogen-bond donors (Lipinski definition) is 3. The molecule has 3 amide bonds. The molecule has 0 bridgehead atoms. The van der Waals surface area contributed by atoms with Crippen LogP contribution in [0.4, 0.5) is 0 Å². The van der Waals surface area contributed by atoms with E-state index in [1.807, 2.05) is 0 Å². The lowest BCUT2D eigenvalue weighted by atomic mass is 10.2. The zero-order chi connectivity index (χ0) is 16.4. The van der Waals surface area contributed by atoms with Crippen molar-refractivity contribution in [2.45, 2.75) is 6.92 Å². The van der Waals surface area contributed by atoms with Crippen molar-refractivity contribution in [1.82, 2.24) is 20.9 Å². The second-order valence-corrected chi connectivity index (χ2v) is 4.14. The molecule has 1 rings (SSSR count). The molecule has 0 radical (unpaired) electrons. The Hall–Kier alpha value is -3.03. The van der Waals surface area contributed by atoms with Gasteiger partial charge in [-0.3, -0.25) is 19.4 Å². The number of rotatable bonds is 7. The summed E-state index contributed by atoms with van der Waals surface area (Å²) in [5.41, 5.74) is 0.541. The molecule has 0 unspecified atom stereocenters. The zero-order valence-electron chi connectivity index (χ0n) is 12.0. The van der Waals surface area contributed by atoms with Gasteiger partial charge in [0.05, 0.1) is 24.5 Å². The van der Waals surface area contributed by atoms with Crippen molar-refractivity contribution in [1.29, 1.82) is 0 Å². The van der Waals surface area contributed by atoms with Gasteiger partial charge < -0.3 is 20.7 Å². The Bertz CT molecular complexity index is 584. The van der Waals surface area contributed by atoms with E-state index in [9.17, 15) is 19.2 Å². The van der Waals surface area contributed by atoms with Gasteiger partial charge in [-0.05, 0) is 12.1 Å². The van der Waals surface area contributed by atoms with E-state index in [-0.39, 0.29) is 24.7 Å². The molecule has 1 aromatic rings. The Balaban J connectivity index is 2.85. The van der Waals surface area contributed by atoms with Crippen LogP contribution in [-0.2, 0) is 19.2 Å². The molecule has 0 aliphatic heterocycles. The summed E-state index contributed by atoms with van der Waals surface area (Å²) in [6.45, 7) is 0.926. The van der Waals surface area contributed by atoms with E-state index in [1.165, 1.54) is 13.1 Å². The third kappa shape index (κ3) is 6.42. The third-order valence-corrected chi connectivity index (χ3v) is 2.35. The van der Waals surface area contributed by atoms with Gasteiger partial charge >= 0.3 is 0 Å². The molecule has 0 saturated carbocycles. The van der Waals surface area contributed by atoms with Crippen LogP contribution >= 0.6 is 0 Å². The molecule has 0 aromatic carbocycles. The highest BCUT2D eigenvalue weighted by molar-refractivity contribution is 5.99. The first-order chi connectivity index (χ1) is 10.5. The first-order valence-corrected chi connectivity index (χ1v) is 6.41. The largest absolute Gasteiger partial charge is 0.347 e. The van der Waals surface area contributed by atoms with E-state index in [0.717, 1.165) is 6.08 Å². The number of amides is 3. The summed E-state index contributed by atoms with van der Waals surface area (Å²) in [5, 5.41) is 7.16. The van der Waals surface area contributed by atoms with Gasteiger partial charge in [-0.15, -0.1) is 0 Å². The molecule has 0 aliphatic rings. The van der Waals surface area contributed by atoms with E-state index in [0.29, 0.717) is 12.0 Å². The summed E-state index contributed by atoms with van der Waals surface area (Å²) in [6, 6.07) is 4.99. The second-order valence-electron chi connectivity index (χ2n) is 4.14. The van der Waals surface area contributed by atoms with E-state index < -0.39 is 11.8 Å². The highest BCUT2D eigenvalue weighted by Gasteiger charge is 2.10. The molecule has 3 N–H and O–H groups in total. The van der Waals surface area contributed by atoms with Gasteiger partial charge in [-0.1, -0.05) is 6.07 Å². The van der Waals surface area contributed by atoms with Gasteiger partial charge in [-0.25, -0.2) is 0 Å². The summed E-state index contributed by atoms with van der Waals surface area (Å²) < 4.78 is 0. The number of pyridine rings is 1. The molecule has 1 heterocycles. The van der Waals surface area contributed by atoms with Crippen LogP contribution in [-0.4, -0.2) is 42.1 Å². The monoisotopic (exact) mass is 304 g/mol. The number of nitrogens with one attached hydrogen (secondary N) is 3. The van der Waals surface area contributed by atoms with Crippen LogP contribution in [0, 0.1) is 0 Å². The lowest BCUT2D eigenvalue weighted by molar-refractivity contribution is -0.124. The van der Waals surface area contributed by atoms with Crippen molar-refractivity contribution >= 4 is 29.7 Å². The van der Waals surface area contributed by atoms with Crippen molar-refractivity contribution < 1.29 is 19.2 Å². The SMILES string of the molecule is CC(=O)NCC(=O)NC(=CC(=O)NCC=O)c1ccccn1. The van der Waals surface area contributed by atoms with E-state index >= 15 is 0 Å². The van der Waals surface area contributed by atoms with Crippen molar-refractivity contribution in [3.05, 3.63) is 36.2 Å². The average molecular weight is 304 g/mol. The summed E-state index contributed by atoms with van der Waals surface area (Å²) in [7, 11) is 0. The lowest BCUT2D eigenvalue weighted by Crippen LogP contribution is -2.35. The minimum Gasteiger partial charge on any atom is -0.347 e. The van der Waals surface area contributed by atoms with E-state index in [4.69, 9.17) is 0 Å². The molecule has 8 heteroatoms. The molecule has 0 aliphatic carbocycles. The van der Waals surface area contributed by atoms with Crippen LogP contribution in [0.3, 0.4) is 0 Å². The summed E-state index contributed by atoms with van der Waals surface area (Å²) >= 11 is 0. The number of carbonyl (C=O) groups excluding carboxylic acids is 4. The smallest absolute Gasteiger partial charge is 0.246 e. The molecular formula is C14H16N4O4. The second kappa shape index (κ2) is 9.01. The van der Waals surface area contributed by atoms with Crippen LogP contribution < -0.4 is 16.0 Å². The topological polar surface area (TPSA) is 117 Å². The van der Waals surface area contributed by atoms with Gasteiger partial charge in [0.25, 0.3) is 0 Å². The van der Waals surface area contributed by atoms with Gasteiger partial charge in [0.2, 0.25) is 17.7 Å². The molecule has 0 saturated heterocycles. The molecular weight excluding hydrogens is 288 g/mol. The normalized spacial score (nSPS) is 10.5. The standard InChI is InChI=1S/C14H16N4O4/c1-10(20)17-9-14(22)18-12(8-13(21)16-6-7-19)11-4-2-3-5-15-11/h2-5,7-8H,6,9H2,1H3,(H,16,21)(H,17,20)(H,18,22). The molecule has 0 spiro atoms. The van der Waals surface area contributed by atoms with E-state index in [1.54, 1.807) is 18.2 Å². The Morgan fingerprint density at radius 2 is 2.00 bits per heavy atom. The number of hydrogen-bond acceptors (Lipinski definition) is 5. The molecule has 1 aromatic heterocycles. The number of carbonyl (C=O) groups is 4. The quantitative estimate of drug-likeness (QED) is 0.441. The highest BCUT2D eigenvalue weighted by Crippen LogP contribution is 2.07. The highest BCUT2D eigenvalue weighted by atomic mass is 16.2. The molecule has 22 heavy (non-hydrogen) atoms. The van der Waals surface area contributed by atoms with Crippen LogP contribution in [0.25, 0.3) is 5.70 Å². The van der Waals surface area contributed by atoms with Crippen molar-refractivity contribution in [2.75, 3.05) is 13.1 Å². The zero-order valence-corrected chi connectivity index (χ0v) is 12.0. The summed E-state index contributed by atoms with van der Waals surface area (Å²) in [4.78, 5) is 48.4. The fourth-order valence-electron chi connectivity index (χ4n) is 1.42. The first kappa shape index (κ1) is 17.0. The minimum absolute atomic E-state index is 0.134. The van der Waals surface area contributed by atoms with Crippen LogP contribution in [0.5, 0.6) is 0 Å². The van der Waals surface area contributed by atoms with Crippen molar-refractivity contribution in [3.8, 4) is 0 Å². The predicted octanol–water partition coefficient (Wildman–Crippen LogP) is -1.01. The van der Waals surface area contributed by atoms with Crippen molar-refractivity contribution in [3.63, 3.8) is 0 Å². The molecule has 0 fully saturated rings. The maximum absolute atomic E-state index is 11.7. The molecule has 116 valence electrons. The number of aromatic nitrogens is 1. The van der Waals surface area contributed by atoms with Gasteiger partial charge in [0.1, 0.15) is 6.29 Å². The first-order valence-electron chi connectivity index (χ1n) is 6.41. The van der Waals surface area contributed by atoms with Crippen LogP contribution in [0.1, 0.15) is 12.6 Å². The lowest BCUT2D eigenvalue weighted by Gasteiger charge is -2.09. The van der Waals surface area contributed by atoms with Gasteiger partial charge in [0.15, 0.2) is 0 Å². The average Bonchev–Trinajstić information content (AvgIpc) is 2.51. The maximum Gasteiger partial charge on any atom is 0.246 e. The van der Waals surface area contributed by atoms with Gasteiger partial charge in [-0.2, -0.15) is 0 Å². The number of nitrogens with zero attached hydrogens (tertiary/aromatic N) is 1. The van der Waals surface area contributed by atoms with E-state index in [2.05, 4.69) is 20.9 Å². The Morgan fingerprint density at radius 3 is 2.59 bits per heavy atom. The molecule has 0 atom stereocenters. The fourth-order valence-corrected chi connectivity index (χ4v) is 1.42. The minimum atomic E-state index is -0.549. The summed E-state index contributed by atoms with van der Waals surface area (Å²) in [6.07, 6.45) is 3.17. The Labute approximate surface area is 127 Å². The Kier molecular flexibility index (Phi) is 6.97.